The first-order chi connectivity index (χ1) is 12.2. The van der Waals surface area contributed by atoms with Gasteiger partial charge in [-0.15, -0.1) is 5.10 Å². The zero-order valence-corrected chi connectivity index (χ0v) is 15.9. The Balaban J connectivity index is 2.88. The van der Waals surface area contributed by atoms with Crippen molar-refractivity contribution in [1.82, 2.24) is 25.6 Å². The number of rotatable bonds is 8. The lowest BCUT2D eigenvalue weighted by Gasteiger charge is -2.19. The summed E-state index contributed by atoms with van der Waals surface area (Å²) in [6.45, 7) is 9.62. The van der Waals surface area contributed by atoms with Crippen molar-refractivity contribution < 1.29 is 23.9 Å². The summed E-state index contributed by atoms with van der Waals surface area (Å²) >= 11 is 0. The molecule has 1 aromatic rings. The molecule has 0 aliphatic heterocycles. The highest BCUT2D eigenvalue weighted by atomic mass is 16.6. The number of carbonyl (C=O) groups excluding carboxylic acids is 3. The van der Waals surface area contributed by atoms with E-state index in [0.29, 0.717) is 12.2 Å². The van der Waals surface area contributed by atoms with Gasteiger partial charge in [0.1, 0.15) is 5.60 Å². The third-order valence-corrected chi connectivity index (χ3v) is 3.03. The summed E-state index contributed by atoms with van der Waals surface area (Å²) in [5.41, 5.74) is -0.303. The van der Waals surface area contributed by atoms with Gasteiger partial charge in [0.25, 0.3) is 0 Å². The SMILES string of the molecule is CCNC(=O)CCn1nnc(C(=O)OCC)c1CNC(=O)OC(C)(C)C. The number of hydrogen-bond donors (Lipinski definition) is 2. The summed E-state index contributed by atoms with van der Waals surface area (Å²) in [4.78, 5) is 35.5. The summed E-state index contributed by atoms with van der Waals surface area (Å²) in [5.74, 6) is -0.788. The van der Waals surface area contributed by atoms with E-state index in [-0.39, 0.29) is 37.7 Å². The average Bonchev–Trinajstić information content (AvgIpc) is 2.93. The van der Waals surface area contributed by atoms with Crippen LogP contribution in [-0.4, -0.2) is 51.7 Å². The number of esters is 1. The monoisotopic (exact) mass is 369 g/mol. The Kier molecular flexibility index (Phi) is 8.01. The van der Waals surface area contributed by atoms with Gasteiger partial charge in [0.15, 0.2) is 5.69 Å². The Morgan fingerprint density at radius 1 is 1.15 bits per heavy atom. The standard InChI is InChI=1S/C16H27N5O5/c1-6-17-12(22)8-9-21-11(10-18-15(24)26-16(3,4)5)13(19-20-21)14(23)25-7-2/h6-10H2,1-5H3,(H,17,22)(H,18,24). The highest BCUT2D eigenvalue weighted by Gasteiger charge is 2.23. The van der Waals surface area contributed by atoms with Crippen LogP contribution in [0.3, 0.4) is 0 Å². The molecule has 1 rings (SSSR count). The maximum absolute atomic E-state index is 12.0. The van der Waals surface area contributed by atoms with Crippen molar-refractivity contribution in [2.24, 2.45) is 0 Å². The molecule has 0 saturated carbocycles. The second-order valence-corrected chi connectivity index (χ2v) is 6.39. The molecular formula is C16H27N5O5. The van der Waals surface area contributed by atoms with Gasteiger partial charge in [0, 0.05) is 13.0 Å². The lowest BCUT2D eigenvalue weighted by molar-refractivity contribution is -0.121. The van der Waals surface area contributed by atoms with E-state index in [1.54, 1.807) is 27.7 Å². The topological polar surface area (TPSA) is 124 Å². The van der Waals surface area contributed by atoms with Gasteiger partial charge >= 0.3 is 12.1 Å². The molecule has 2 N–H and O–H groups in total. The third kappa shape index (κ3) is 7.08. The van der Waals surface area contributed by atoms with Gasteiger partial charge in [-0.2, -0.15) is 0 Å². The normalized spacial score (nSPS) is 11.0. The molecule has 2 amide bonds. The second-order valence-electron chi connectivity index (χ2n) is 6.39. The molecule has 1 heterocycles. The molecule has 26 heavy (non-hydrogen) atoms. The van der Waals surface area contributed by atoms with Crippen molar-refractivity contribution in [2.75, 3.05) is 13.2 Å². The molecule has 0 aliphatic carbocycles. The number of ether oxygens (including phenoxy) is 2. The fraction of sp³-hybridized carbons (Fsp3) is 0.688. The number of amides is 2. The second kappa shape index (κ2) is 9.73. The van der Waals surface area contributed by atoms with E-state index in [4.69, 9.17) is 9.47 Å². The van der Waals surface area contributed by atoms with Gasteiger partial charge in [-0.3, -0.25) is 4.79 Å². The van der Waals surface area contributed by atoms with E-state index >= 15 is 0 Å². The molecule has 0 bridgehead atoms. The van der Waals surface area contributed by atoms with Crippen LogP contribution in [0.15, 0.2) is 0 Å². The van der Waals surface area contributed by atoms with Crippen LogP contribution in [0.4, 0.5) is 4.79 Å². The quantitative estimate of drug-likeness (QED) is 0.655. The molecule has 0 unspecified atom stereocenters. The fourth-order valence-corrected chi connectivity index (χ4v) is 2.01. The number of carbonyl (C=O) groups is 3. The van der Waals surface area contributed by atoms with Crippen LogP contribution in [0, 0.1) is 0 Å². The van der Waals surface area contributed by atoms with E-state index in [1.807, 2.05) is 6.92 Å². The minimum absolute atomic E-state index is 0.00110. The first kappa shape index (κ1) is 21.4. The van der Waals surface area contributed by atoms with E-state index in [1.165, 1.54) is 4.68 Å². The Morgan fingerprint density at radius 2 is 1.85 bits per heavy atom. The molecule has 10 heteroatoms. The molecule has 0 radical (unpaired) electrons. The highest BCUT2D eigenvalue weighted by molar-refractivity contribution is 5.88. The minimum atomic E-state index is -0.648. The molecule has 0 saturated heterocycles. The van der Waals surface area contributed by atoms with Gasteiger partial charge in [-0.05, 0) is 34.6 Å². The van der Waals surface area contributed by atoms with Crippen molar-refractivity contribution in [3.05, 3.63) is 11.4 Å². The Bertz CT molecular complexity index is 635. The maximum atomic E-state index is 12.0. The first-order valence-corrected chi connectivity index (χ1v) is 8.51. The Morgan fingerprint density at radius 3 is 2.42 bits per heavy atom. The number of aryl methyl sites for hydroxylation is 1. The summed E-state index contributed by atoms with van der Waals surface area (Å²) < 4.78 is 11.5. The third-order valence-electron chi connectivity index (χ3n) is 3.03. The van der Waals surface area contributed by atoms with Gasteiger partial charge in [0.2, 0.25) is 5.91 Å². The van der Waals surface area contributed by atoms with Crippen LogP contribution < -0.4 is 10.6 Å². The molecule has 0 spiro atoms. The number of nitrogens with one attached hydrogen (secondary N) is 2. The van der Waals surface area contributed by atoms with Gasteiger partial charge in [0.05, 0.1) is 25.4 Å². The summed E-state index contributed by atoms with van der Waals surface area (Å²) in [6.07, 6.45) is -0.470. The lowest BCUT2D eigenvalue weighted by atomic mass is 10.2. The summed E-state index contributed by atoms with van der Waals surface area (Å²) in [6, 6.07) is 0. The molecule has 146 valence electrons. The summed E-state index contributed by atoms with van der Waals surface area (Å²) in [7, 11) is 0. The van der Waals surface area contributed by atoms with Crippen LogP contribution in [0.1, 0.15) is 57.2 Å². The molecule has 0 atom stereocenters. The van der Waals surface area contributed by atoms with Crippen LogP contribution in [0.25, 0.3) is 0 Å². The van der Waals surface area contributed by atoms with E-state index in [9.17, 15) is 14.4 Å². The van der Waals surface area contributed by atoms with Crippen molar-refractivity contribution in [2.45, 2.75) is 59.7 Å². The van der Waals surface area contributed by atoms with Gasteiger partial charge < -0.3 is 20.1 Å². The largest absolute Gasteiger partial charge is 0.461 e. The first-order valence-electron chi connectivity index (χ1n) is 8.51. The molecule has 0 fully saturated rings. The molecule has 1 aromatic heterocycles. The average molecular weight is 369 g/mol. The zero-order valence-electron chi connectivity index (χ0n) is 15.9. The van der Waals surface area contributed by atoms with E-state index in [2.05, 4.69) is 20.9 Å². The number of hydrogen-bond acceptors (Lipinski definition) is 7. The lowest BCUT2D eigenvalue weighted by Crippen LogP contribution is -2.33. The van der Waals surface area contributed by atoms with E-state index in [0.717, 1.165) is 0 Å². The zero-order chi connectivity index (χ0) is 19.7. The van der Waals surface area contributed by atoms with Crippen LogP contribution >= 0.6 is 0 Å². The Labute approximate surface area is 152 Å². The molecular weight excluding hydrogens is 342 g/mol. The maximum Gasteiger partial charge on any atom is 0.407 e. The fourth-order valence-electron chi connectivity index (χ4n) is 2.01. The van der Waals surface area contributed by atoms with Crippen LogP contribution in [-0.2, 0) is 27.4 Å². The summed E-state index contributed by atoms with van der Waals surface area (Å²) in [5, 5.41) is 13.0. The minimum Gasteiger partial charge on any atom is -0.461 e. The van der Waals surface area contributed by atoms with Gasteiger partial charge in [-0.1, -0.05) is 5.21 Å². The molecule has 0 aliphatic rings. The number of alkyl carbamates (subject to hydrolysis) is 1. The Hall–Kier alpha value is -2.65. The van der Waals surface area contributed by atoms with Crippen LogP contribution in [0.5, 0.6) is 0 Å². The highest BCUT2D eigenvalue weighted by Crippen LogP contribution is 2.10. The van der Waals surface area contributed by atoms with E-state index < -0.39 is 17.7 Å². The molecule has 10 nitrogen and oxygen atoms in total. The number of nitrogens with zero attached hydrogens (tertiary/aromatic N) is 3. The van der Waals surface area contributed by atoms with Crippen molar-refractivity contribution >= 4 is 18.0 Å². The van der Waals surface area contributed by atoms with Crippen molar-refractivity contribution in [1.29, 1.82) is 0 Å². The smallest absolute Gasteiger partial charge is 0.407 e. The van der Waals surface area contributed by atoms with Crippen LogP contribution in [0.2, 0.25) is 0 Å². The molecule has 0 aromatic carbocycles. The predicted octanol–water partition coefficient (Wildman–Crippen LogP) is 1.01. The van der Waals surface area contributed by atoms with Gasteiger partial charge in [-0.25, -0.2) is 14.3 Å². The number of aromatic nitrogens is 3. The predicted molar refractivity (Wildman–Crippen MR) is 92.4 cm³/mol. The van der Waals surface area contributed by atoms with Crippen molar-refractivity contribution in [3.63, 3.8) is 0 Å². The van der Waals surface area contributed by atoms with Crippen molar-refractivity contribution in [3.8, 4) is 0 Å².